The van der Waals surface area contributed by atoms with Gasteiger partial charge >= 0.3 is 0 Å². The largest absolute Gasteiger partial charge is 0.493 e. The van der Waals surface area contributed by atoms with Gasteiger partial charge in [0, 0.05) is 18.5 Å². The van der Waals surface area contributed by atoms with Gasteiger partial charge in [0.2, 0.25) is 5.91 Å². The fraction of sp³-hybridized carbons (Fsp3) is 0.600. The van der Waals surface area contributed by atoms with Crippen molar-refractivity contribution in [1.29, 1.82) is 5.26 Å². The molecular formula is C20H28N2O3. The molecule has 1 N–H and O–H groups in total. The molecule has 1 amide bonds. The molecule has 1 saturated carbocycles. The van der Waals surface area contributed by atoms with Crippen molar-refractivity contribution in [3.63, 3.8) is 0 Å². The molecule has 1 aliphatic rings. The Bertz CT molecular complexity index is 624. The molecule has 1 aromatic carbocycles. The summed E-state index contributed by atoms with van der Waals surface area (Å²) in [5.74, 6) is 2.44. The van der Waals surface area contributed by atoms with E-state index < -0.39 is 0 Å². The van der Waals surface area contributed by atoms with E-state index in [1.165, 1.54) is 12.8 Å². The first-order valence-electron chi connectivity index (χ1n) is 9.05. The summed E-state index contributed by atoms with van der Waals surface area (Å²) >= 11 is 0. The Morgan fingerprint density at radius 1 is 1.32 bits per heavy atom. The van der Waals surface area contributed by atoms with Gasteiger partial charge in [-0.25, -0.2) is 0 Å². The van der Waals surface area contributed by atoms with Gasteiger partial charge in [-0.1, -0.05) is 26.7 Å². The number of nitrogens with one attached hydrogen (secondary N) is 1. The second kappa shape index (κ2) is 9.31. The summed E-state index contributed by atoms with van der Waals surface area (Å²) < 4.78 is 10.9. The van der Waals surface area contributed by atoms with E-state index >= 15 is 0 Å². The van der Waals surface area contributed by atoms with Crippen molar-refractivity contribution in [2.24, 2.45) is 11.8 Å². The summed E-state index contributed by atoms with van der Waals surface area (Å²) in [4.78, 5) is 12.2. The molecule has 3 atom stereocenters. The van der Waals surface area contributed by atoms with Gasteiger partial charge in [0.1, 0.15) is 0 Å². The molecule has 0 heterocycles. The third-order valence-corrected chi connectivity index (χ3v) is 5.15. The molecule has 0 radical (unpaired) electrons. The van der Waals surface area contributed by atoms with Crippen LogP contribution in [0.4, 0.5) is 0 Å². The van der Waals surface area contributed by atoms with Crippen LogP contribution in [-0.2, 0) is 4.79 Å². The number of hydrogen-bond donors (Lipinski definition) is 1. The van der Waals surface area contributed by atoms with Gasteiger partial charge < -0.3 is 14.8 Å². The van der Waals surface area contributed by atoms with Crippen LogP contribution in [-0.4, -0.2) is 25.7 Å². The topological polar surface area (TPSA) is 71.3 Å². The highest BCUT2D eigenvalue weighted by Crippen LogP contribution is 2.30. The van der Waals surface area contributed by atoms with Crippen molar-refractivity contribution in [1.82, 2.24) is 5.32 Å². The number of carbonyl (C=O) groups is 1. The Morgan fingerprint density at radius 3 is 2.84 bits per heavy atom. The van der Waals surface area contributed by atoms with Crippen LogP contribution >= 0.6 is 0 Å². The Labute approximate surface area is 150 Å². The number of amides is 1. The maximum atomic E-state index is 12.2. The number of methoxy groups -OCH3 is 1. The molecule has 1 aromatic rings. The third-order valence-electron chi connectivity index (χ3n) is 5.15. The number of carbonyl (C=O) groups excluding carboxylic acids is 1. The molecule has 25 heavy (non-hydrogen) atoms. The monoisotopic (exact) mass is 344 g/mol. The lowest BCUT2D eigenvalue weighted by Gasteiger charge is -2.34. The van der Waals surface area contributed by atoms with Crippen LogP contribution in [0.1, 0.15) is 51.5 Å². The van der Waals surface area contributed by atoms with Crippen molar-refractivity contribution in [3.8, 4) is 17.6 Å². The molecule has 2 rings (SSSR count). The molecule has 0 aromatic heterocycles. The highest BCUT2D eigenvalue weighted by atomic mass is 16.5. The maximum absolute atomic E-state index is 12.2. The number of nitriles is 1. The second-order valence-corrected chi connectivity index (χ2v) is 6.87. The van der Waals surface area contributed by atoms with Gasteiger partial charge in [-0.05, 0) is 36.8 Å². The minimum atomic E-state index is 0.0985. The van der Waals surface area contributed by atoms with Crippen LogP contribution in [0.5, 0.6) is 11.5 Å². The van der Waals surface area contributed by atoms with Gasteiger partial charge in [0.25, 0.3) is 0 Å². The molecule has 5 nitrogen and oxygen atoms in total. The summed E-state index contributed by atoms with van der Waals surface area (Å²) in [5, 5.41) is 12.1. The zero-order valence-electron chi connectivity index (χ0n) is 15.4. The minimum absolute atomic E-state index is 0.0985. The molecule has 1 aliphatic carbocycles. The molecule has 0 unspecified atom stereocenters. The van der Waals surface area contributed by atoms with Crippen molar-refractivity contribution in [2.45, 2.75) is 52.0 Å². The lowest BCUT2D eigenvalue weighted by Crippen LogP contribution is -2.43. The molecule has 136 valence electrons. The average molecular weight is 344 g/mol. The predicted octanol–water partition coefficient (Wildman–Crippen LogP) is 3.67. The Morgan fingerprint density at radius 2 is 2.12 bits per heavy atom. The number of rotatable bonds is 7. The maximum Gasteiger partial charge on any atom is 0.220 e. The first kappa shape index (κ1) is 19.1. The fourth-order valence-electron chi connectivity index (χ4n) is 3.34. The number of nitrogens with zero attached hydrogens (tertiary/aromatic N) is 1. The molecule has 0 aliphatic heterocycles. The fourth-order valence-corrected chi connectivity index (χ4v) is 3.34. The van der Waals surface area contributed by atoms with Crippen molar-refractivity contribution in [2.75, 3.05) is 13.7 Å². The summed E-state index contributed by atoms with van der Waals surface area (Å²) in [6, 6.07) is 7.43. The van der Waals surface area contributed by atoms with Gasteiger partial charge in [0.05, 0.1) is 25.3 Å². The summed E-state index contributed by atoms with van der Waals surface area (Å²) in [7, 11) is 1.54. The highest BCUT2D eigenvalue weighted by molar-refractivity contribution is 5.76. The second-order valence-electron chi connectivity index (χ2n) is 6.87. The van der Waals surface area contributed by atoms with Gasteiger partial charge in [-0.3, -0.25) is 4.79 Å². The van der Waals surface area contributed by atoms with Gasteiger partial charge in [-0.2, -0.15) is 5.26 Å². The molecule has 0 saturated heterocycles. The van der Waals surface area contributed by atoms with Crippen LogP contribution in [0, 0.1) is 23.2 Å². The molecule has 0 bridgehead atoms. The van der Waals surface area contributed by atoms with E-state index in [1.807, 2.05) is 0 Å². The summed E-state index contributed by atoms with van der Waals surface area (Å²) in [6.45, 7) is 4.93. The van der Waals surface area contributed by atoms with E-state index in [9.17, 15) is 4.79 Å². The number of ether oxygens (including phenoxy) is 2. The van der Waals surface area contributed by atoms with E-state index in [1.54, 1.807) is 25.3 Å². The highest BCUT2D eigenvalue weighted by Gasteiger charge is 2.27. The summed E-state index contributed by atoms with van der Waals surface area (Å²) in [6.07, 6.45) is 4.63. The normalized spacial score (nSPS) is 22.7. The molecular weight excluding hydrogens is 316 g/mol. The van der Waals surface area contributed by atoms with Gasteiger partial charge in [0.15, 0.2) is 11.5 Å². The Balaban J connectivity index is 1.74. The Kier molecular flexibility index (Phi) is 7.12. The van der Waals surface area contributed by atoms with E-state index in [0.29, 0.717) is 54.4 Å². The average Bonchev–Trinajstić information content (AvgIpc) is 2.62. The van der Waals surface area contributed by atoms with E-state index in [2.05, 4.69) is 25.2 Å². The lowest BCUT2D eigenvalue weighted by atomic mass is 9.78. The van der Waals surface area contributed by atoms with Crippen LogP contribution in [0.25, 0.3) is 0 Å². The smallest absolute Gasteiger partial charge is 0.220 e. The zero-order chi connectivity index (χ0) is 18.2. The predicted molar refractivity (Wildman–Crippen MR) is 96.5 cm³/mol. The minimum Gasteiger partial charge on any atom is -0.493 e. The molecule has 1 fully saturated rings. The van der Waals surface area contributed by atoms with Crippen LogP contribution in [0.2, 0.25) is 0 Å². The SMILES string of the molecule is COc1cc(C#N)ccc1OCCCC(=O)N[C@@H]1CCC[C@@H](C)[C@H]1C. The number of hydrogen-bond acceptors (Lipinski definition) is 4. The molecule has 5 heteroatoms. The number of benzene rings is 1. The van der Waals surface area contributed by atoms with Crippen LogP contribution < -0.4 is 14.8 Å². The zero-order valence-corrected chi connectivity index (χ0v) is 15.4. The van der Waals surface area contributed by atoms with Crippen LogP contribution in [0.15, 0.2) is 18.2 Å². The van der Waals surface area contributed by atoms with E-state index in [-0.39, 0.29) is 5.91 Å². The standard InChI is InChI=1S/C20H28N2O3/c1-14-6-4-7-17(15(14)2)22-20(23)8-5-11-25-18-10-9-16(13-21)12-19(18)24-3/h9-10,12,14-15,17H,4-8,11H2,1-3H3,(H,22,23)/t14-,15-,17-/m1/s1. The van der Waals surface area contributed by atoms with E-state index in [0.717, 1.165) is 6.42 Å². The summed E-state index contributed by atoms with van der Waals surface area (Å²) in [5.41, 5.74) is 0.527. The van der Waals surface area contributed by atoms with E-state index in [4.69, 9.17) is 14.7 Å². The van der Waals surface area contributed by atoms with Crippen molar-refractivity contribution < 1.29 is 14.3 Å². The van der Waals surface area contributed by atoms with Crippen LogP contribution in [0.3, 0.4) is 0 Å². The van der Waals surface area contributed by atoms with Crippen molar-refractivity contribution >= 4 is 5.91 Å². The lowest BCUT2D eigenvalue weighted by molar-refractivity contribution is -0.122. The molecule has 0 spiro atoms. The Hall–Kier alpha value is -2.22. The quantitative estimate of drug-likeness (QED) is 0.766. The van der Waals surface area contributed by atoms with Crippen molar-refractivity contribution in [3.05, 3.63) is 23.8 Å². The first-order chi connectivity index (χ1) is 12.0. The first-order valence-corrected chi connectivity index (χ1v) is 9.05. The third kappa shape index (κ3) is 5.38. The van der Waals surface area contributed by atoms with Gasteiger partial charge in [-0.15, -0.1) is 0 Å².